The highest BCUT2D eigenvalue weighted by Crippen LogP contribution is 2.37. The molecule has 1 atom stereocenters. The van der Waals surface area contributed by atoms with Crippen molar-refractivity contribution in [2.75, 3.05) is 7.11 Å². The molecule has 0 saturated carbocycles. The lowest BCUT2D eigenvalue weighted by molar-refractivity contribution is 0.284. The molecule has 1 heterocycles. The van der Waals surface area contributed by atoms with Crippen molar-refractivity contribution in [3.63, 3.8) is 0 Å². The van der Waals surface area contributed by atoms with Crippen LogP contribution in [0.15, 0.2) is 36.7 Å². The molecule has 21 heavy (non-hydrogen) atoms. The molecule has 0 spiro atoms. The van der Waals surface area contributed by atoms with E-state index < -0.39 is 0 Å². The molecule has 0 aliphatic heterocycles. The molecule has 0 amide bonds. The average molecular weight is 307 g/mol. The van der Waals surface area contributed by atoms with Crippen LogP contribution in [-0.4, -0.2) is 18.1 Å². The van der Waals surface area contributed by atoms with E-state index in [1.165, 1.54) is 0 Å². The summed E-state index contributed by atoms with van der Waals surface area (Å²) in [4.78, 5) is 4.05. The van der Waals surface area contributed by atoms with Crippen LogP contribution < -0.4 is 15.2 Å². The maximum atomic E-state index is 6.30. The summed E-state index contributed by atoms with van der Waals surface area (Å²) in [7, 11) is 1.60. The Morgan fingerprint density at radius 3 is 2.76 bits per heavy atom. The summed E-state index contributed by atoms with van der Waals surface area (Å²) in [5, 5.41) is 0.522. The Kier molecular flexibility index (Phi) is 5.42. The second kappa shape index (κ2) is 7.29. The van der Waals surface area contributed by atoms with Gasteiger partial charge >= 0.3 is 0 Å². The third kappa shape index (κ3) is 4.34. The van der Waals surface area contributed by atoms with E-state index in [-0.39, 0.29) is 6.04 Å². The Labute approximate surface area is 129 Å². The molecular formula is C16H19ClN2O2. The number of ether oxygens (including phenoxy) is 2. The van der Waals surface area contributed by atoms with Gasteiger partial charge in [0, 0.05) is 24.0 Å². The molecule has 0 bridgehead atoms. The van der Waals surface area contributed by atoms with Crippen LogP contribution in [0.1, 0.15) is 18.1 Å². The average Bonchev–Trinajstić information content (AvgIpc) is 2.46. The quantitative estimate of drug-likeness (QED) is 0.890. The molecule has 2 rings (SSSR count). The molecular weight excluding hydrogens is 288 g/mol. The molecule has 0 saturated heterocycles. The number of hydrogen-bond acceptors (Lipinski definition) is 4. The highest BCUT2D eigenvalue weighted by molar-refractivity contribution is 6.32. The molecule has 2 aromatic rings. The van der Waals surface area contributed by atoms with Crippen molar-refractivity contribution < 1.29 is 9.47 Å². The van der Waals surface area contributed by atoms with Crippen LogP contribution >= 0.6 is 11.6 Å². The largest absolute Gasteiger partial charge is 0.493 e. The summed E-state index contributed by atoms with van der Waals surface area (Å²) in [6.07, 6.45) is 4.21. The van der Waals surface area contributed by atoms with Gasteiger partial charge in [0.05, 0.1) is 12.1 Å². The van der Waals surface area contributed by atoms with Crippen molar-refractivity contribution in [2.45, 2.75) is 26.0 Å². The number of nitrogens with two attached hydrogens (primary N) is 1. The molecule has 1 aromatic carbocycles. The Morgan fingerprint density at radius 1 is 1.33 bits per heavy atom. The molecule has 1 unspecified atom stereocenters. The number of rotatable bonds is 6. The predicted molar refractivity (Wildman–Crippen MR) is 83.9 cm³/mol. The summed E-state index contributed by atoms with van der Waals surface area (Å²) in [6.45, 7) is 2.34. The monoisotopic (exact) mass is 306 g/mol. The van der Waals surface area contributed by atoms with Crippen LogP contribution in [0.3, 0.4) is 0 Å². The third-order valence-corrected chi connectivity index (χ3v) is 3.23. The van der Waals surface area contributed by atoms with Crippen LogP contribution in [0.25, 0.3) is 0 Å². The van der Waals surface area contributed by atoms with Crippen molar-refractivity contribution in [3.05, 3.63) is 52.8 Å². The minimum atomic E-state index is 0.0629. The Balaban J connectivity index is 2.18. The lowest BCUT2D eigenvalue weighted by Crippen LogP contribution is -2.17. The Morgan fingerprint density at radius 2 is 2.14 bits per heavy atom. The van der Waals surface area contributed by atoms with Crippen LogP contribution in [0.2, 0.25) is 5.02 Å². The fourth-order valence-corrected chi connectivity index (χ4v) is 2.33. The lowest BCUT2D eigenvalue weighted by Gasteiger charge is -2.15. The molecule has 1 aromatic heterocycles. The van der Waals surface area contributed by atoms with Crippen molar-refractivity contribution in [1.82, 2.24) is 4.98 Å². The van der Waals surface area contributed by atoms with Gasteiger partial charge in [-0.25, -0.2) is 0 Å². The highest BCUT2D eigenvalue weighted by Gasteiger charge is 2.13. The molecule has 5 heteroatoms. The number of aromatic nitrogens is 1. The van der Waals surface area contributed by atoms with E-state index in [2.05, 4.69) is 4.98 Å². The SMILES string of the molecule is COc1cc(CC(C)N)cc(Cl)c1OCc1cccnc1. The molecule has 0 aliphatic rings. The molecule has 4 nitrogen and oxygen atoms in total. The first-order chi connectivity index (χ1) is 10.1. The number of nitrogens with zero attached hydrogens (tertiary/aromatic N) is 1. The van der Waals surface area contributed by atoms with Crippen molar-refractivity contribution >= 4 is 11.6 Å². The maximum Gasteiger partial charge on any atom is 0.180 e. The van der Waals surface area contributed by atoms with Crippen molar-refractivity contribution in [3.8, 4) is 11.5 Å². The number of pyridine rings is 1. The van der Waals surface area contributed by atoms with Gasteiger partial charge in [0.25, 0.3) is 0 Å². The minimum absolute atomic E-state index is 0.0629. The maximum absolute atomic E-state index is 6.30. The van der Waals surface area contributed by atoms with Gasteiger partial charge in [-0.1, -0.05) is 17.7 Å². The van der Waals surface area contributed by atoms with Gasteiger partial charge in [-0.3, -0.25) is 4.98 Å². The van der Waals surface area contributed by atoms with Crippen LogP contribution in [0.4, 0.5) is 0 Å². The van der Waals surface area contributed by atoms with Gasteiger partial charge in [0.15, 0.2) is 11.5 Å². The van der Waals surface area contributed by atoms with Crippen molar-refractivity contribution in [2.24, 2.45) is 5.73 Å². The second-order valence-electron chi connectivity index (χ2n) is 4.94. The van der Waals surface area contributed by atoms with E-state index in [0.717, 1.165) is 17.5 Å². The lowest BCUT2D eigenvalue weighted by atomic mass is 10.1. The molecule has 0 aliphatic carbocycles. The van der Waals surface area contributed by atoms with E-state index in [0.29, 0.717) is 23.1 Å². The first-order valence-corrected chi connectivity index (χ1v) is 7.11. The Hall–Kier alpha value is -1.78. The zero-order chi connectivity index (χ0) is 15.2. The van der Waals surface area contributed by atoms with Gasteiger partial charge in [0.2, 0.25) is 0 Å². The first kappa shape index (κ1) is 15.6. The number of halogens is 1. The summed E-state index contributed by atoms with van der Waals surface area (Å²) in [5.41, 5.74) is 7.81. The fraction of sp³-hybridized carbons (Fsp3) is 0.312. The van der Waals surface area contributed by atoms with Crippen LogP contribution in [0, 0.1) is 0 Å². The summed E-state index contributed by atoms with van der Waals surface area (Å²) in [5.74, 6) is 1.15. The summed E-state index contributed by atoms with van der Waals surface area (Å²) < 4.78 is 11.1. The van der Waals surface area contributed by atoms with Crippen LogP contribution in [-0.2, 0) is 13.0 Å². The van der Waals surface area contributed by atoms with E-state index in [1.807, 2.05) is 31.2 Å². The number of hydrogen-bond donors (Lipinski definition) is 1. The predicted octanol–water partition coefficient (Wildman–Crippen LogP) is 3.21. The first-order valence-electron chi connectivity index (χ1n) is 6.74. The van der Waals surface area contributed by atoms with Gasteiger partial charge < -0.3 is 15.2 Å². The van der Waals surface area contributed by atoms with Gasteiger partial charge in [-0.2, -0.15) is 0 Å². The normalized spacial score (nSPS) is 12.0. The van der Waals surface area contributed by atoms with Crippen molar-refractivity contribution in [1.29, 1.82) is 0 Å². The topological polar surface area (TPSA) is 57.4 Å². The van der Waals surface area contributed by atoms with E-state index in [1.54, 1.807) is 19.5 Å². The van der Waals surface area contributed by atoms with Gasteiger partial charge in [0.1, 0.15) is 6.61 Å². The van der Waals surface area contributed by atoms with E-state index in [4.69, 9.17) is 26.8 Å². The fourth-order valence-electron chi connectivity index (χ4n) is 2.04. The minimum Gasteiger partial charge on any atom is -0.493 e. The van der Waals surface area contributed by atoms with E-state index >= 15 is 0 Å². The molecule has 0 fully saturated rings. The van der Waals surface area contributed by atoms with Gasteiger partial charge in [-0.05, 0) is 37.1 Å². The van der Waals surface area contributed by atoms with Crippen LogP contribution in [0.5, 0.6) is 11.5 Å². The standard InChI is InChI=1S/C16H19ClN2O2/c1-11(18)6-13-7-14(17)16(15(8-13)20-2)21-10-12-4-3-5-19-9-12/h3-5,7-9,11H,6,10,18H2,1-2H3. The zero-order valence-corrected chi connectivity index (χ0v) is 12.9. The number of methoxy groups -OCH3 is 1. The highest BCUT2D eigenvalue weighted by atomic mass is 35.5. The Bertz CT molecular complexity index is 588. The molecule has 2 N–H and O–H groups in total. The zero-order valence-electron chi connectivity index (χ0n) is 12.2. The summed E-state index contributed by atoms with van der Waals surface area (Å²) in [6, 6.07) is 7.65. The molecule has 112 valence electrons. The smallest absolute Gasteiger partial charge is 0.180 e. The third-order valence-electron chi connectivity index (χ3n) is 2.95. The van der Waals surface area contributed by atoms with E-state index in [9.17, 15) is 0 Å². The van der Waals surface area contributed by atoms with Gasteiger partial charge in [-0.15, -0.1) is 0 Å². The number of benzene rings is 1. The molecule has 0 radical (unpaired) electrons. The second-order valence-corrected chi connectivity index (χ2v) is 5.35. The summed E-state index contributed by atoms with van der Waals surface area (Å²) >= 11 is 6.30.